The number of aliphatic carboxylic acids is 1. The molecule has 1 aromatic heterocycles. The van der Waals surface area contributed by atoms with E-state index in [2.05, 4.69) is 4.98 Å². The van der Waals surface area contributed by atoms with Crippen LogP contribution in [0.5, 0.6) is 0 Å². The Kier molecular flexibility index (Phi) is 4.52. The van der Waals surface area contributed by atoms with E-state index in [0.29, 0.717) is 0 Å². The molecule has 1 heterocycles. The lowest BCUT2D eigenvalue weighted by Gasteiger charge is -2.21. The Morgan fingerprint density at radius 2 is 2.05 bits per heavy atom. The van der Waals surface area contributed by atoms with Crippen molar-refractivity contribution >= 4 is 17.3 Å². The summed E-state index contributed by atoms with van der Waals surface area (Å²) in [7, 11) is 1.82. The number of likely N-dealkylation sites (N-methyl/N-ethyl adjacent to an activating group) is 1. The van der Waals surface area contributed by atoms with Gasteiger partial charge in [0.2, 0.25) is 0 Å². The molecule has 0 spiro atoms. The summed E-state index contributed by atoms with van der Waals surface area (Å²) in [5.74, 6) is -0.815. The van der Waals surface area contributed by atoms with E-state index >= 15 is 0 Å². The SMILES string of the molecule is Cc1nc(-c2ccccc2)sc1C(C)N(C)CC(=O)O. The van der Waals surface area contributed by atoms with Crippen molar-refractivity contribution in [3.05, 3.63) is 40.9 Å². The van der Waals surface area contributed by atoms with Crippen molar-refractivity contribution in [2.75, 3.05) is 13.6 Å². The molecule has 0 aliphatic heterocycles. The van der Waals surface area contributed by atoms with E-state index in [4.69, 9.17) is 5.11 Å². The third-order valence-corrected chi connectivity index (χ3v) is 4.66. The predicted octanol–water partition coefficient (Wildman–Crippen LogP) is 3.20. The molecular formula is C15H18N2O2S. The number of hydrogen-bond acceptors (Lipinski definition) is 4. The molecular weight excluding hydrogens is 272 g/mol. The van der Waals surface area contributed by atoms with Crippen LogP contribution in [0, 0.1) is 6.92 Å². The van der Waals surface area contributed by atoms with Crippen LogP contribution in [0.15, 0.2) is 30.3 Å². The van der Waals surface area contributed by atoms with Gasteiger partial charge in [0, 0.05) is 16.5 Å². The number of thiazole rings is 1. The summed E-state index contributed by atoms with van der Waals surface area (Å²) in [6.07, 6.45) is 0. The molecule has 0 fully saturated rings. The molecule has 0 aliphatic carbocycles. The molecule has 0 saturated heterocycles. The smallest absolute Gasteiger partial charge is 0.317 e. The van der Waals surface area contributed by atoms with Gasteiger partial charge >= 0.3 is 5.97 Å². The van der Waals surface area contributed by atoms with Gasteiger partial charge in [-0.25, -0.2) is 4.98 Å². The van der Waals surface area contributed by atoms with Gasteiger partial charge in [-0.3, -0.25) is 9.69 Å². The number of aryl methyl sites for hydroxylation is 1. The Morgan fingerprint density at radius 1 is 1.40 bits per heavy atom. The summed E-state index contributed by atoms with van der Waals surface area (Å²) >= 11 is 1.63. The van der Waals surface area contributed by atoms with Gasteiger partial charge in [-0.05, 0) is 20.9 Å². The van der Waals surface area contributed by atoms with Gasteiger partial charge in [-0.2, -0.15) is 0 Å². The van der Waals surface area contributed by atoms with Crippen LogP contribution in [-0.4, -0.2) is 34.6 Å². The first-order valence-electron chi connectivity index (χ1n) is 6.44. The summed E-state index contributed by atoms with van der Waals surface area (Å²) in [6.45, 7) is 4.01. The maximum atomic E-state index is 10.8. The first-order chi connectivity index (χ1) is 9.49. The first kappa shape index (κ1) is 14.7. The van der Waals surface area contributed by atoms with Gasteiger partial charge in [0.1, 0.15) is 5.01 Å². The van der Waals surface area contributed by atoms with Crippen LogP contribution in [0.1, 0.15) is 23.5 Å². The Bertz CT molecular complexity index is 595. The van der Waals surface area contributed by atoms with Crippen molar-refractivity contribution in [2.45, 2.75) is 19.9 Å². The van der Waals surface area contributed by atoms with Crippen molar-refractivity contribution < 1.29 is 9.90 Å². The van der Waals surface area contributed by atoms with Crippen LogP contribution in [0.2, 0.25) is 0 Å². The Morgan fingerprint density at radius 3 is 2.65 bits per heavy atom. The Hall–Kier alpha value is -1.72. The number of carboxylic acid groups (broad SMARTS) is 1. The largest absolute Gasteiger partial charge is 0.480 e. The Balaban J connectivity index is 2.25. The number of nitrogens with zero attached hydrogens (tertiary/aromatic N) is 2. The minimum absolute atomic E-state index is 0.0270. The van der Waals surface area contributed by atoms with E-state index in [1.165, 1.54) is 0 Å². The van der Waals surface area contributed by atoms with Crippen molar-refractivity contribution in [1.29, 1.82) is 0 Å². The van der Waals surface area contributed by atoms with Gasteiger partial charge < -0.3 is 5.11 Å². The highest BCUT2D eigenvalue weighted by molar-refractivity contribution is 7.15. The summed E-state index contributed by atoms with van der Waals surface area (Å²) in [6, 6.07) is 10.1. The molecule has 0 saturated carbocycles. The van der Waals surface area contributed by atoms with E-state index in [1.807, 2.05) is 56.1 Å². The topological polar surface area (TPSA) is 53.4 Å². The van der Waals surface area contributed by atoms with Crippen LogP contribution in [0.25, 0.3) is 10.6 Å². The van der Waals surface area contributed by atoms with Gasteiger partial charge in [-0.15, -0.1) is 11.3 Å². The fourth-order valence-electron chi connectivity index (χ4n) is 2.05. The van der Waals surface area contributed by atoms with Crippen LogP contribution in [0.3, 0.4) is 0 Å². The summed E-state index contributed by atoms with van der Waals surface area (Å²) < 4.78 is 0. The normalized spacial score (nSPS) is 12.6. The van der Waals surface area contributed by atoms with Gasteiger partial charge in [0.15, 0.2) is 0 Å². The molecule has 1 atom stereocenters. The fraction of sp³-hybridized carbons (Fsp3) is 0.333. The number of benzene rings is 1. The number of carboxylic acids is 1. The summed E-state index contributed by atoms with van der Waals surface area (Å²) in [5.41, 5.74) is 2.07. The lowest BCUT2D eigenvalue weighted by Crippen LogP contribution is -2.28. The van der Waals surface area contributed by atoms with Gasteiger partial charge in [-0.1, -0.05) is 30.3 Å². The van der Waals surface area contributed by atoms with Crippen LogP contribution < -0.4 is 0 Å². The molecule has 0 radical (unpaired) electrons. The lowest BCUT2D eigenvalue weighted by atomic mass is 10.2. The average Bonchev–Trinajstić information content (AvgIpc) is 2.80. The second-order valence-electron chi connectivity index (χ2n) is 4.82. The maximum absolute atomic E-state index is 10.8. The molecule has 1 aromatic carbocycles. The number of rotatable bonds is 5. The number of aromatic nitrogens is 1. The van der Waals surface area contributed by atoms with Crippen molar-refractivity contribution in [2.24, 2.45) is 0 Å². The molecule has 20 heavy (non-hydrogen) atoms. The fourth-order valence-corrected chi connectivity index (χ4v) is 3.24. The quantitative estimate of drug-likeness (QED) is 0.918. The van der Waals surface area contributed by atoms with Crippen molar-refractivity contribution in [1.82, 2.24) is 9.88 Å². The molecule has 2 rings (SSSR count). The third kappa shape index (κ3) is 3.23. The second-order valence-corrected chi connectivity index (χ2v) is 5.85. The van der Waals surface area contributed by atoms with Gasteiger partial charge in [0.05, 0.1) is 12.2 Å². The van der Waals surface area contributed by atoms with Gasteiger partial charge in [0.25, 0.3) is 0 Å². The predicted molar refractivity (Wildman–Crippen MR) is 81.0 cm³/mol. The lowest BCUT2D eigenvalue weighted by molar-refractivity contribution is -0.138. The van der Waals surface area contributed by atoms with E-state index in [1.54, 1.807) is 11.3 Å². The van der Waals surface area contributed by atoms with Crippen LogP contribution >= 0.6 is 11.3 Å². The standard InChI is InChI=1S/C15H18N2O2S/c1-10-14(11(2)17(3)9-13(18)19)20-15(16-10)12-7-5-4-6-8-12/h4-8,11H,9H2,1-3H3,(H,18,19). The highest BCUT2D eigenvalue weighted by Gasteiger charge is 2.20. The van der Waals surface area contributed by atoms with E-state index in [-0.39, 0.29) is 12.6 Å². The molecule has 2 aromatic rings. The monoisotopic (exact) mass is 290 g/mol. The molecule has 5 heteroatoms. The molecule has 0 amide bonds. The van der Waals surface area contributed by atoms with Crippen LogP contribution in [-0.2, 0) is 4.79 Å². The minimum Gasteiger partial charge on any atom is -0.480 e. The molecule has 4 nitrogen and oxygen atoms in total. The summed E-state index contributed by atoms with van der Waals surface area (Å²) in [4.78, 5) is 18.3. The minimum atomic E-state index is -0.815. The highest BCUT2D eigenvalue weighted by atomic mass is 32.1. The Labute approximate surface area is 122 Å². The van der Waals surface area contributed by atoms with Crippen molar-refractivity contribution in [3.63, 3.8) is 0 Å². The maximum Gasteiger partial charge on any atom is 0.317 e. The van der Waals surface area contributed by atoms with E-state index in [0.717, 1.165) is 21.1 Å². The summed E-state index contributed by atoms with van der Waals surface area (Å²) in [5, 5.41) is 9.86. The zero-order valence-electron chi connectivity index (χ0n) is 11.8. The van der Waals surface area contributed by atoms with Crippen molar-refractivity contribution in [3.8, 4) is 10.6 Å². The van der Waals surface area contributed by atoms with Crippen LogP contribution in [0.4, 0.5) is 0 Å². The molecule has 106 valence electrons. The van der Waals surface area contributed by atoms with E-state index < -0.39 is 5.97 Å². The zero-order valence-corrected chi connectivity index (χ0v) is 12.6. The zero-order chi connectivity index (χ0) is 14.7. The average molecular weight is 290 g/mol. The molecule has 0 aliphatic rings. The highest BCUT2D eigenvalue weighted by Crippen LogP contribution is 2.33. The van der Waals surface area contributed by atoms with E-state index in [9.17, 15) is 4.79 Å². The number of carbonyl (C=O) groups is 1. The third-order valence-electron chi connectivity index (χ3n) is 3.28. The molecule has 0 bridgehead atoms. The second kappa shape index (κ2) is 6.15. The first-order valence-corrected chi connectivity index (χ1v) is 7.25. The number of hydrogen-bond donors (Lipinski definition) is 1. The molecule has 1 unspecified atom stereocenters. The molecule has 1 N–H and O–H groups in total.